The Balaban J connectivity index is 1.46. The van der Waals surface area contributed by atoms with Gasteiger partial charge in [-0.05, 0) is 86.5 Å². The van der Waals surface area contributed by atoms with Crippen LogP contribution in [0.4, 0.5) is 5.69 Å². The van der Waals surface area contributed by atoms with Gasteiger partial charge in [-0.1, -0.05) is 59.1 Å². The molecule has 1 N–H and O–H groups in total. The first-order chi connectivity index (χ1) is 20.2. The van der Waals surface area contributed by atoms with Gasteiger partial charge in [-0.3, -0.25) is 9.10 Å². The van der Waals surface area contributed by atoms with Crippen molar-refractivity contribution < 1.29 is 22.7 Å². The molecule has 0 aliphatic rings. The Kier molecular flexibility index (Phi) is 10.2. The molecule has 10 heteroatoms. The summed E-state index contributed by atoms with van der Waals surface area (Å²) in [5, 5.41) is 4.70. The van der Waals surface area contributed by atoms with Gasteiger partial charge < -0.3 is 9.47 Å². The Morgan fingerprint density at radius 3 is 2.17 bits per heavy atom. The van der Waals surface area contributed by atoms with Crippen LogP contribution in [0.25, 0.3) is 0 Å². The SMILES string of the molecule is CCOc1cc(/C=N\NC(=O)CN(c2ccc(C)cc2)S(=O)(=O)c2ccc(C)cc2)ccc1OCc1ccc(Cl)cc1. The molecule has 4 rings (SSSR count). The summed E-state index contributed by atoms with van der Waals surface area (Å²) in [5.74, 6) is 0.481. The second kappa shape index (κ2) is 14.0. The van der Waals surface area contributed by atoms with Crippen LogP contribution in [-0.2, 0) is 21.4 Å². The number of halogens is 1. The normalized spacial score (nSPS) is 11.3. The molecule has 0 fully saturated rings. The van der Waals surface area contributed by atoms with Gasteiger partial charge in [-0.15, -0.1) is 0 Å². The molecule has 0 aromatic heterocycles. The third-order valence-corrected chi connectivity index (χ3v) is 8.24. The number of ether oxygens (including phenoxy) is 2. The highest BCUT2D eigenvalue weighted by Crippen LogP contribution is 2.29. The monoisotopic (exact) mass is 605 g/mol. The Hall–Kier alpha value is -4.34. The van der Waals surface area contributed by atoms with E-state index in [9.17, 15) is 13.2 Å². The summed E-state index contributed by atoms with van der Waals surface area (Å²) >= 11 is 5.95. The lowest BCUT2D eigenvalue weighted by molar-refractivity contribution is -0.119. The molecule has 0 saturated heterocycles. The zero-order valence-electron chi connectivity index (χ0n) is 23.6. The summed E-state index contributed by atoms with van der Waals surface area (Å²) in [6, 6.07) is 26.1. The minimum absolute atomic E-state index is 0.0896. The Labute approximate surface area is 251 Å². The third kappa shape index (κ3) is 8.11. The standard InChI is InChI=1S/C32H32ClN3O5S/c1-4-40-31-19-26(11-18-30(31)41-22-25-9-12-27(33)13-10-25)20-34-35-32(37)21-36(28-14-5-23(2)6-15-28)42(38,39)29-16-7-24(3)8-17-29/h5-20H,4,21-22H2,1-3H3,(H,35,37)/b34-20-. The predicted molar refractivity (Wildman–Crippen MR) is 166 cm³/mol. The van der Waals surface area contributed by atoms with Gasteiger partial charge in [0, 0.05) is 5.02 Å². The fourth-order valence-corrected chi connectivity index (χ4v) is 5.49. The van der Waals surface area contributed by atoms with Crippen molar-refractivity contribution in [3.63, 3.8) is 0 Å². The van der Waals surface area contributed by atoms with E-state index in [2.05, 4.69) is 10.5 Å². The molecular weight excluding hydrogens is 574 g/mol. The minimum atomic E-state index is -4.02. The van der Waals surface area contributed by atoms with Gasteiger partial charge in [0.05, 0.1) is 23.4 Å². The second-order valence-electron chi connectivity index (χ2n) is 9.51. The van der Waals surface area contributed by atoms with E-state index in [0.29, 0.717) is 41.0 Å². The van der Waals surface area contributed by atoms with Crippen LogP contribution in [0.1, 0.15) is 29.2 Å². The van der Waals surface area contributed by atoms with Crippen LogP contribution in [0.3, 0.4) is 0 Å². The van der Waals surface area contributed by atoms with Crippen molar-refractivity contribution in [3.05, 3.63) is 118 Å². The molecule has 0 aliphatic carbocycles. The van der Waals surface area contributed by atoms with Gasteiger partial charge in [0.25, 0.3) is 15.9 Å². The van der Waals surface area contributed by atoms with Crippen molar-refractivity contribution in [3.8, 4) is 11.5 Å². The van der Waals surface area contributed by atoms with Crippen LogP contribution in [0.5, 0.6) is 11.5 Å². The fraction of sp³-hybridized carbons (Fsp3) is 0.188. The van der Waals surface area contributed by atoms with E-state index < -0.39 is 22.5 Å². The highest BCUT2D eigenvalue weighted by Gasteiger charge is 2.27. The highest BCUT2D eigenvalue weighted by atomic mass is 35.5. The summed E-state index contributed by atoms with van der Waals surface area (Å²) in [7, 11) is -4.02. The molecule has 0 atom stereocenters. The maximum absolute atomic E-state index is 13.5. The molecule has 0 unspecified atom stereocenters. The molecule has 42 heavy (non-hydrogen) atoms. The number of nitrogens with zero attached hydrogens (tertiary/aromatic N) is 2. The van der Waals surface area contributed by atoms with Gasteiger partial charge in [0.15, 0.2) is 11.5 Å². The lowest BCUT2D eigenvalue weighted by Crippen LogP contribution is -2.39. The van der Waals surface area contributed by atoms with Gasteiger partial charge in [-0.25, -0.2) is 13.8 Å². The lowest BCUT2D eigenvalue weighted by Gasteiger charge is -2.24. The molecule has 0 radical (unpaired) electrons. The average Bonchev–Trinajstić information content (AvgIpc) is 2.97. The van der Waals surface area contributed by atoms with E-state index in [1.807, 2.05) is 32.9 Å². The number of hydrazone groups is 1. The quantitative estimate of drug-likeness (QED) is 0.151. The molecule has 4 aromatic carbocycles. The number of amides is 1. The molecule has 0 aliphatic heterocycles. The maximum atomic E-state index is 13.5. The first-order valence-corrected chi connectivity index (χ1v) is 15.1. The summed E-state index contributed by atoms with van der Waals surface area (Å²) in [5.41, 5.74) is 6.31. The summed E-state index contributed by atoms with van der Waals surface area (Å²) in [6.45, 7) is 5.95. The first-order valence-electron chi connectivity index (χ1n) is 13.3. The maximum Gasteiger partial charge on any atom is 0.264 e. The Morgan fingerprint density at radius 2 is 1.52 bits per heavy atom. The van der Waals surface area contributed by atoms with Gasteiger partial charge in [0.2, 0.25) is 0 Å². The fourth-order valence-electron chi connectivity index (χ4n) is 3.94. The van der Waals surface area contributed by atoms with Crippen LogP contribution in [0.15, 0.2) is 101 Å². The van der Waals surface area contributed by atoms with E-state index >= 15 is 0 Å². The molecular formula is C32H32ClN3O5S. The van der Waals surface area contributed by atoms with E-state index in [1.54, 1.807) is 66.7 Å². The first kappa shape index (κ1) is 30.6. The number of anilines is 1. The molecule has 0 bridgehead atoms. The van der Waals surface area contributed by atoms with Crippen LogP contribution >= 0.6 is 11.6 Å². The van der Waals surface area contributed by atoms with E-state index in [4.69, 9.17) is 21.1 Å². The number of sulfonamides is 1. The van der Waals surface area contributed by atoms with Gasteiger partial charge in [0.1, 0.15) is 13.2 Å². The van der Waals surface area contributed by atoms with Crippen LogP contribution < -0.4 is 19.2 Å². The highest BCUT2D eigenvalue weighted by molar-refractivity contribution is 7.92. The van der Waals surface area contributed by atoms with Crippen molar-refractivity contribution in [1.82, 2.24) is 5.43 Å². The third-order valence-electron chi connectivity index (χ3n) is 6.20. The van der Waals surface area contributed by atoms with Crippen molar-refractivity contribution in [1.29, 1.82) is 0 Å². The van der Waals surface area contributed by atoms with Crippen LogP contribution in [-0.4, -0.2) is 33.7 Å². The van der Waals surface area contributed by atoms with Crippen molar-refractivity contribution in [2.24, 2.45) is 5.10 Å². The predicted octanol–water partition coefficient (Wildman–Crippen LogP) is 6.28. The smallest absolute Gasteiger partial charge is 0.264 e. The largest absolute Gasteiger partial charge is 0.490 e. The second-order valence-corrected chi connectivity index (χ2v) is 11.8. The van der Waals surface area contributed by atoms with Crippen molar-refractivity contribution >= 4 is 39.4 Å². The van der Waals surface area contributed by atoms with Gasteiger partial charge in [-0.2, -0.15) is 5.10 Å². The molecule has 0 heterocycles. The number of aryl methyl sites for hydroxylation is 2. The lowest BCUT2D eigenvalue weighted by atomic mass is 10.2. The van der Waals surface area contributed by atoms with E-state index in [-0.39, 0.29) is 4.90 Å². The number of carbonyl (C=O) groups excluding carboxylic acids is 1. The topological polar surface area (TPSA) is 97.3 Å². The molecule has 0 spiro atoms. The number of nitrogens with one attached hydrogen (secondary N) is 1. The van der Waals surface area contributed by atoms with E-state index in [1.165, 1.54) is 18.3 Å². The summed E-state index contributed by atoms with van der Waals surface area (Å²) in [4.78, 5) is 13.0. The van der Waals surface area contributed by atoms with Crippen molar-refractivity contribution in [2.75, 3.05) is 17.5 Å². The van der Waals surface area contributed by atoms with Crippen molar-refractivity contribution in [2.45, 2.75) is 32.3 Å². The number of rotatable bonds is 12. The van der Waals surface area contributed by atoms with Crippen LogP contribution in [0.2, 0.25) is 5.02 Å². The molecule has 8 nitrogen and oxygen atoms in total. The summed E-state index contributed by atoms with van der Waals surface area (Å²) < 4.78 is 39.8. The zero-order chi connectivity index (χ0) is 30.1. The number of carbonyl (C=O) groups is 1. The molecule has 0 saturated carbocycles. The number of hydrogen-bond donors (Lipinski definition) is 1. The average molecular weight is 606 g/mol. The van der Waals surface area contributed by atoms with Crippen LogP contribution in [0, 0.1) is 13.8 Å². The molecule has 1 amide bonds. The summed E-state index contributed by atoms with van der Waals surface area (Å²) in [6.07, 6.45) is 1.45. The van der Waals surface area contributed by atoms with E-state index in [0.717, 1.165) is 21.0 Å². The number of hydrogen-bond acceptors (Lipinski definition) is 6. The van der Waals surface area contributed by atoms with Gasteiger partial charge >= 0.3 is 0 Å². The Bertz CT molecular complexity index is 1640. The zero-order valence-corrected chi connectivity index (χ0v) is 25.2. The molecule has 218 valence electrons. The minimum Gasteiger partial charge on any atom is -0.490 e. The molecule has 4 aromatic rings. The Morgan fingerprint density at radius 1 is 0.881 bits per heavy atom. The number of benzene rings is 4.